The number of anilines is 1. The van der Waals surface area contributed by atoms with Gasteiger partial charge in [0.2, 0.25) is 0 Å². The molecule has 1 aromatic heterocycles. The summed E-state index contributed by atoms with van der Waals surface area (Å²) in [5.74, 6) is 2.73. The van der Waals surface area contributed by atoms with Crippen LogP contribution in [0.5, 0.6) is 5.75 Å². The van der Waals surface area contributed by atoms with Gasteiger partial charge in [-0.2, -0.15) is 0 Å². The summed E-state index contributed by atoms with van der Waals surface area (Å²) in [6.07, 6.45) is 4.35. The molecule has 2 aromatic rings. The maximum absolute atomic E-state index is 5.77. The molecule has 0 atom stereocenters. The number of nitrogens with zero attached hydrogens (tertiary/aromatic N) is 2. The van der Waals surface area contributed by atoms with Gasteiger partial charge in [-0.05, 0) is 36.5 Å². The van der Waals surface area contributed by atoms with E-state index in [1.807, 2.05) is 30.5 Å². The number of aromatic nitrogens is 1. The lowest BCUT2D eigenvalue weighted by atomic mass is 9.99. The minimum atomic E-state index is 0.586. The Balaban J connectivity index is 1.57. The number of piperidine rings is 1. The Morgan fingerprint density at radius 2 is 1.86 bits per heavy atom. The van der Waals surface area contributed by atoms with Gasteiger partial charge in [0.25, 0.3) is 0 Å². The highest BCUT2D eigenvalue weighted by Crippen LogP contribution is 2.22. The lowest BCUT2D eigenvalue weighted by Crippen LogP contribution is -2.33. The molecule has 1 saturated heterocycles. The summed E-state index contributed by atoms with van der Waals surface area (Å²) in [6.45, 7) is 5.13. The zero-order valence-electron chi connectivity index (χ0n) is 12.5. The van der Waals surface area contributed by atoms with Crippen molar-refractivity contribution in [3.05, 3.63) is 54.2 Å². The number of ether oxygens (including phenoxy) is 1. The molecular weight excluding hydrogens is 260 g/mol. The molecule has 2 heterocycles. The molecule has 1 aromatic carbocycles. The first-order valence-corrected chi connectivity index (χ1v) is 7.69. The third kappa shape index (κ3) is 3.75. The standard InChI is InChI=1S/C18H22N2O/c1-15-9-11-20(12-10-15)18-8-7-17(13-19-18)21-14-16-5-3-2-4-6-16/h2-8,13,15H,9-12,14H2,1H3. The van der Waals surface area contributed by atoms with Gasteiger partial charge in [0, 0.05) is 13.1 Å². The molecule has 0 aliphatic carbocycles. The lowest BCUT2D eigenvalue weighted by molar-refractivity contribution is 0.305. The molecule has 0 amide bonds. The maximum Gasteiger partial charge on any atom is 0.138 e. The number of hydrogen-bond acceptors (Lipinski definition) is 3. The van der Waals surface area contributed by atoms with E-state index in [9.17, 15) is 0 Å². The molecule has 3 heteroatoms. The van der Waals surface area contributed by atoms with E-state index in [0.29, 0.717) is 6.61 Å². The van der Waals surface area contributed by atoms with E-state index in [1.54, 1.807) is 0 Å². The van der Waals surface area contributed by atoms with Crippen LogP contribution in [0, 0.1) is 5.92 Å². The van der Waals surface area contributed by atoms with Crippen LogP contribution < -0.4 is 9.64 Å². The molecule has 0 spiro atoms. The fraction of sp³-hybridized carbons (Fsp3) is 0.389. The molecule has 0 N–H and O–H groups in total. The molecular formula is C18H22N2O. The van der Waals surface area contributed by atoms with Gasteiger partial charge in [-0.15, -0.1) is 0 Å². The van der Waals surface area contributed by atoms with Crippen LogP contribution in [0.3, 0.4) is 0 Å². The Morgan fingerprint density at radius 1 is 1.10 bits per heavy atom. The fourth-order valence-corrected chi connectivity index (χ4v) is 2.62. The topological polar surface area (TPSA) is 25.4 Å². The summed E-state index contributed by atoms with van der Waals surface area (Å²) in [7, 11) is 0. The Labute approximate surface area is 126 Å². The van der Waals surface area contributed by atoms with Crippen molar-refractivity contribution in [1.82, 2.24) is 4.98 Å². The monoisotopic (exact) mass is 282 g/mol. The minimum Gasteiger partial charge on any atom is -0.487 e. The second-order valence-electron chi connectivity index (χ2n) is 5.80. The normalized spacial score (nSPS) is 16.0. The molecule has 1 fully saturated rings. The first kappa shape index (κ1) is 13.9. The van der Waals surface area contributed by atoms with Crippen LogP contribution in [0.15, 0.2) is 48.7 Å². The zero-order chi connectivity index (χ0) is 14.5. The van der Waals surface area contributed by atoms with E-state index >= 15 is 0 Å². The van der Waals surface area contributed by atoms with Crippen molar-refractivity contribution in [3.63, 3.8) is 0 Å². The van der Waals surface area contributed by atoms with E-state index in [1.165, 1.54) is 18.4 Å². The third-order valence-corrected chi connectivity index (χ3v) is 4.08. The summed E-state index contributed by atoms with van der Waals surface area (Å²) in [4.78, 5) is 6.90. The van der Waals surface area contributed by atoms with Crippen molar-refractivity contribution in [2.24, 2.45) is 5.92 Å². The SMILES string of the molecule is CC1CCN(c2ccc(OCc3ccccc3)cn2)CC1. The zero-order valence-corrected chi connectivity index (χ0v) is 12.5. The average Bonchev–Trinajstić information content (AvgIpc) is 2.55. The van der Waals surface area contributed by atoms with Gasteiger partial charge in [-0.25, -0.2) is 4.98 Å². The highest BCUT2D eigenvalue weighted by Gasteiger charge is 2.16. The van der Waals surface area contributed by atoms with Gasteiger partial charge in [0.05, 0.1) is 6.20 Å². The number of benzene rings is 1. The molecule has 3 rings (SSSR count). The van der Waals surface area contributed by atoms with Crippen molar-refractivity contribution in [3.8, 4) is 5.75 Å². The predicted molar refractivity (Wildman–Crippen MR) is 85.6 cm³/mol. The van der Waals surface area contributed by atoms with Crippen LogP contribution in [0.2, 0.25) is 0 Å². The van der Waals surface area contributed by atoms with E-state index in [4.69, 9.17) is 4.74 Å². The second kappa shape index (κ2) is 6.61. The predicted octanol–water partition coefficient (Wildman–Crippen LogP) is 3.90. The summed E-state index contributed by atoms with van der Waals surface area (Å²) >= 11 is 0. The van der Waals surface area contributed by atoms with Gasteiger partial charge < -0.3 is 9.64 Å². The van der Waals surface area contributed by atoms with Crippen molar-refractivity contribution < 1.29 is 4.74 Å². The summed E-state index contributed by atoms with van der Waals surface area (Å²) < 4.78 is 5.77. The lowest BCUT2D eigenvalue weighted by Gasteiger charge is -2.31. The smallest absolute Gasteiger partial charge is 0.138 e. The Bertz CT molecular complexity index is 545. The van der Waals surface area contributed by atoms with E-state index in [-0.39, 0.29) is 0 Å². The molecule has 0 saturated carbocycles. The first-order valence-electron chi connectivity index (χ1n) is 7.69. The number of rotatable bonds is 4. The van der Waals surface area contributed by atoms with Crippen LogP contribution in [0.1, 0.15) is 25.3 Å². The molecule has 1 aliphatic heterocycles. The first-order chi connectivity index (χ1) is 10.3. The van der Waals surface area contributed by atoms with Gasteiger partial charge in [-0.3, -0.25) is 0 Å². The van der Waals surface area contributed by atoms with Crippen LogP contribution in [-0.4, -0.2) is 18.1 Å². The summed E-state index contributed by atoms with van der Waals surface area (Å²) in [5, 5.41) is 0. The highest BCUT2D eigenvalue weighted by atomic mass is 16.5. The Hall–Kier alpha value is -2.03. The quantitative estimate of drug-likeness (QED) is 0.850. The number of pyridine rings is 1. The van der Waals surface area contributed by atoms with Crippen molar-refractivity contribution >= 4 is 5.82 Å². The molecule has 1 aliphatic rings. The van der Waals surface area contributed by atoms with Crippen molar-refractivity contribution in [2.75, 3.05) is 18.0 Å². The minimum absolute atomic E-state index is 0.586. The summed E-state index contributed by atoms with van der Waals surface area (Å²) in [6, 6.07) is 14.3. The molecule has 0 radical (unpaired) electrons. The van der Waals surface area contributed by atoms with E-state index < -0.39 is 0 Å². The van der Waals surface area contributed by atoms with Gasteiger partial charge in [0.15, 0.2) is 0 Å². The average molecular weight is 282 g/mol. The Kier molecular flexibility index (Phi) is 4.39. The van der Waals surface area contributed by atoms with Crippen LogP contribution in [-0.2, 0) is 6.61 Å². The van der Waals surface area contributed by atoms with Gasteiger partial charge in [0.1, 0.15) is 18.2 Å². The Morgan fingerprint density at radius 3 is 2.52 bits per heavy atom. The third-order valence-electron chi connectivity index (χ3n) is 4.08. The van der Waals surface area contributed by atoms with E-state index in [2.05, 4.69) is 35.0 Å². The molecule has 110 valence electrons. The van der Waals surface area contributed by atoms with Crippen LogP contribution >= 0.6 is 0 Å². The number of hydrogen-bond donors (Lipinski definition) is 0. The molecule has 3 nitrogen and oxygen atoms in total. The maximum atomic E-state index is 5.77. The summed E-state index contributed by atoms with van der Waals surface area (Å²) in [5.41, 5.74) is 1.17. The molecule has 0 bridgehead atoms. The second-order valence-corrected chi connectivity index (χ2v) is 5.80. The van der Waals surface area contributed by atoms with Gasteiger partial charge >= 0.3 is 0 Å². The molecule has 21 heavy (non-hydrogen) atoms. The van der Waals surface area contributed by atoms with Crippen molar-refractivity contribution in [2.45, 2.75) is 26.4 Å². The van der Waals surface area contributed by atoms with Crippen molar-refractivity contribution in [1.29, 1.82) is 0 Å². The van der Waals surface area contributed by atoms with E-state index in [0.717, 1.165) is 30.6 Å². The van der Waals surface area contributed by atoms with Crippen LogP contribution in [0.4, 0.5) is 5.82 Å². The highest BCUT2D eigenvalue weighted by molar-refractivity contribution is 5.41. The molecule has 0 unspecified atom stereocenters. The van der Waals surface area contributed by atoms with Crippen LogP contribution in [0.25, 0.3) is 0 Å². The van der Waals surface area contributed by atoms with Gasteiger partial charge in [-0.1, -0.05) is 37.3 Å². The fourth-order valence-electron chi connectivity index (χ4n) is 2.62. The largest absolute Gasteiger partial charge is 0.487 e.